The second kappa shape index (κ2) is 5.93. The molecule has 2 N–H and O–H groups in total. The molecule has 4 atom stereocenters. The lowest BCUT2D eigenvalue weighted by molar-refractivity contribution is 0.289. The van der Waals surface area contributed by atoms with Crippen molar-refractivity contribution in [3.63, 3.8) is 0 Å². The summed E-state index contributed by atoms with van der Waals surface area (Å²) < 4.78 is 47.7. The summed E-state index contributed by atoms with van der Waals surface area (Å²) in [6, 6.07) is -0.412. The van der Waals surface area contributed by atoms with E-state index in [1.807, 2.05) is 0 Å². The quantitative estimate of drug-likeness (QED) is 0.832. The molecular formula is C13H25NO4S2. The fourth-order valence-corrected chi connectivity index (χ4v) is 6.96. The molecule has 1 aliphatic carbocycles. The Morgan fingerprint density at radius 1 is 1.10 bits per heavy atom. The molecule has 0 radical (unpaired) electrons. The van der Waals surface area contributed by atoms with Crippen LogP contribution in [-0.4, -0.2) is 45.4 Å². The molecule has 0 aromatic rings. The Morgan fingerprint density at radius 3 is 2.40 bits per heavy atom. The van der Waals surface area contributed by atoms with E-state index in [1.54, 1.807) is 0 Å². The molecule has 1 heterocycles. The fraction of sp³-hybridized carbons (Fsp3) is 1.00. The zero-order valence-electron chi connectivity index (χ0n) is 12.0. The average Bonchev–Trinajstić information content (AvgIpc) is 2.37. The minimum Gasteiger partial charge on any atom is -0.326 e. The first-order valence-corrected chi connectivity index (χ1v) is 11.0. The van der Waals surface area contributed by atoms with Crippen molar-refractivity contribution < 1.29 is 16.8 Å². The predicted molar refractivity (Wildman–Crippen MR) is 80.0 cm³/mol. The first-order chi connectivity index (χ1) is 9.22. The van der Waals surface area contributed by atoms with Crippen LogP contribution in [0.4, 0.5) is 0 Å². The van der Waals surface area contributed by atoms with Crippen LogP contribution in [0.3, 0.4) is 0 Å². The first-order valence-electron chi connectivity index (χ1n) is 7.38. The number of sulfone groups is 2. The molecular weight excluding hydrogens is 298 g/mol. The van der Waals surface area contributed by atoms with Gasteiger partial charge in [-0.1, -0.05) is 12.8 Å². The van der Waals surface area contributed by atoms with Crippen LogP contribution in [0.1, 0.15) is 44.9 Å². The van der Waals surface area contributed by atoms with Crippen molar-refractivity contribution in [2.45, 2.75) is 61.5 Å². The summed E-state index contributed by atoms with van der Waals surface area (Å²) in [5, 5.41) is -0.821. The van der Waals surface area contributed by atoms with E-state index < -0.39 is 31.0 Å². The Bertz CT molecular complexity index is 541. The van der Waals surface area contributed by atoms with Crippen molar-refractivity contribution in [2.75, 3.05) is 12.0 Å². The lowest BCUT2D eigenvalue weighted by atomic mass is 9.82. The Morgan fingerprint density at radius 2 is 1.80 bits per heavy atom. The van der Waals surface area contributed by atoms with Gasteiger partial charge in [0.05, 0.1) is 16.3 Å². The zero-order valence-corrected chi connectivity index (χ0v) is 13.6. The molecule has 0 aromatic heterocycles. The van der Waals surface area contributed by atoms with E-state index >= 15 is 0 Å². The monoisotopic (exact) mass is 323 g/mol. The van der Waals surface area contributed by atoms with Crippen LogP contribution in [-0.2, 0) is 19.7 Å². The van der Waals surface area contributed by atoms with Crippen molar-refractivity contribution in [1.29, 1.82) is 0 Å². The molecule has 0 spiro atoms. The largest absolute Gasteiger partial charge is 0.326 e. The highest BCUT2D eigenvalue weighted by atomic mass is 32.2. The molecule has 1 aliphatic heterocycles. The molecule has 1 saturated carbocycles. The van der Waals surface area contributed by atoms with Crippen molar-refractivity contribution in [3.8, 4) is 0 Å². The predicted octanol–water partition coefficient (Wildman–Crippen LogP) is 0.884. The minimum atomic E-state index is -3.10. The lowest BCUT2D eigenvalue weighted by Crippen LogP contribution is -2.49. The van der Waals surface area contributed by atoms with Gasteiger partial charge in [0, 0.05) is 12.3 Å². The van der Waals surface area contributed by atoms with Gasteiger partial charge in [-0.25, -0.2) is 16.8 Å². The lowest BCUT2D eigenvalue weighted by Gasteiger charge is -2.37. The van der Waals surface area contributed by atoms with Gasteiger partial charge < -0.3 is 5.73 Å². The van der Waals surface area contributed by atoms with Gasteiger partial charge in [-0.3, -0.25) is 0 Å². The van der Waals surface area contributed by atoms with Crippen LogP contribution in [0.2, 0.25) is 0 Å². The summed E-state index contributed by atoms with van der Waals surface area (Å²) in [5.41, 5.74) is 6.23. The molecule has 20 heavy (non-hydrogen) atoms. The average molecular weight is 323 g/mol. The highest BCUT2D eigenvalue weighted by molar-refractivity contribution is 7.92. The smallest absolute Gasteiger partial charge is 0.154 e. The van der Waals surface area contributed by atoms with Gasteiger partial charge in [-0.05, 0) is 38.0 Å². The maximum absolute atomic E-state index is 12.1. The third-order valence-electron chi connectivity index (χ3n) is 4.87. The van der Waals surface area contributed by atoms with Gasteiger partial charge >= 0.3 is 0 Å². The van der Waals surface area contributed by atoms with E-state index in [-0.39, 0.29) is 16.9 Å². The van der Waals surface area contributed by atoms with Crippen LogP contribution in [0.5, 0.6) is 0 Å². The summed E-state index contributed by atoms with van der Waals surface area (Å²) in [4.78, 5) is 0. The highest BCUT2D eigenvalue weighted by Gasteiger charge is 2.40. The topological polar surface area (TPSA) is 94.3 Å². The van der Waals surface area contributed by atoms with Crippen LogP contribution in [0.25, 0.3) is 0 Å². The van der Waals surface area contributed by atoms with Gasteiger partial charge in [0.1, 0.15) is 9.84 Å². The van der Waals surface area contributed by atoms with Gasteiger partial charge in [0.15, 0.2) is 9.84 Å². The van der Waals surface area contributed by atoms with E-state index in [2.05, 4.69) is 0 Å². The molecule has 2 rings (SSSR count). The summed E-state index contributed by atoms with van der Waals surface area (Å²) in [5.74, 6) is 0.245. The van der Waals surface area contributed by atoms with Crippen molar-refractivity contribution in [1.82, 2.24) is 0 Å². The molecule has 0 amide bonds. The van der Waals surface area contributed by atoms with E-state index in [0.29, 0.717) is 19.3 Å². The summed E-state index contributed by atoms with van der Waals surface area (Å²) in [6.07, 6.45) is 6.39. The molecule has 1 saturated heterocycles. The molecule has 118 valence electrons. The van der Waals surface area contributed by atoms with Crippen LogP contribution < -0.4 is 5.73 Å². The molecule has 4 unspecified atom stereocenters. The summed E-state index contributed by atoms with van der Waals surface area (Å²) in [6.45, 7) is 0. The number of hydrogen-bond donors (Lipinski definition) is 1. The van der Waals surface area contributed by atoms with Crippen molar-refractivity contribution >= 4 is 19.7 Å². The van der Waals surface area contributed by atoms with Crippen LogP contribution in [0.15, 0.2) is 0 Å². The third-order valence-corrected chi connectivity index (χ3v) is 8.84. The van der Waals surface area contributed by atoms with Crippen LogP contribution >= 0.6 is 0 Å². The van der Waals surface area contributed by atoms with Gasteiger partial charge in [0.25, 0.3) is 0 Å². The maximum Gasteiger partial charge on any atom is 0.154 e. The van der Waals surface area contributed by atoms with E-state index in [4.69, 9.17) is 5.73 Å². The normalized spacial score (nSPS) is 36.4. The Balaban J connectivity index is 2.10. The van der Waals surface area contributed by atoms with Gasteiger partial charge in [-0.15, -0.1) is 0 Å². The zero-order chi connectivity index (χ0) is 15.0. The Labute approximate surface area is 122 Å². The number of rotatable bonds is 3. The van der Waals surface area contributed by atoms with E-state index in [9.17, 15) is 16.8 Å². The molecule has 2 aliphatic rings. The molecule has 0 aromatic carbocycles. The maximum atomic E-state index is 12.1. The van der Waals surface area contributed by atoms with Gasteiger partial charge in [-0.2, -0.15) is 0 Å². The third kappa shape index (κ3) is 3.54. The second-order valence-electron chi connectivity index (χ2n) is 6.36. The highest BCUT2D eigenvalue weighted by Crippen LogP contribution is 2.34. The first kappa shape index (κ1) is 16.2. The molecule has 0 bridgehead atoms. The second-order valence-corrected chi connectivity index (χ2v) is 11.0. The van der Waals surface area contributed by atoms with E-state index in [0.717, 1.165) is 25.7 Å². The Hall–Kier alpha value is -0.140. The number of nitrogens with two attached hydrogens (primary N) is 1. The van der Waals surface area contributed by atoms with Gasteiger partial charge in [0.2, 0.25) is 0 Å². The summed E-state index contributed by atoms with van der Waals surface area (Å²) in [7, 11) is -6.16. The Kier molecular flexibility index (Phi) is 4.81. The van der Waals surface area contributed by atoms with Crippen molar-refractivity contribution in [3.05, 3.63) is 0 Å². The van der Waals surface area contributed by atoms with Crippen molar-refractivity contribution in [2.24, 2.45) is 11.7 Å². The minimum absolute atomic E-state index is 0.0151. The van der Waals surface area contributed by atoms with Crippen LogP contribution in [0, 0.1) is 5.92 Å². The fourth-order valence-electron chi connectivity index (χ4n) is 3.63. The molecule has 5 nitrogen and oxygen atoms in total. The SMILES string of the molecule is CS(=O)(=O)C1CCCC(C(N)C2CCCCS2(=O)=O)C1. The number of hydrogen-bond acceptors (Lipinski definition) is 5. The summed E-state index contributed by atoms with van der Waals surface area (Å²) >= 11 is 0. The molecule has 2 fully saturated rings. The van der Waals surface area contributed by atoms with E-state index in [1.165, 1.54) is 6.26 Å². The molecule has 7 heteroatoms. The standard InChI is InChI=1S/C13H25NO4S2/c1-19(15,16)11-6-4-5-10(9-11)13(14)12-7-2-3-8-20(12,17)18/h10-13H,2-9,14H2,1H3.